The van der Waals surface area contributed by atoms with E-state index >= 15 is 0 Å². The topological polar surface area (TPSA) is 73.4 Å². The molecule has 0 spiro atoms. The Morgan fingerprint density at radius 3 is 2.44 bits per heavy atom. The summed E-state index contributed by atoms with van der Waals surface area (Å²) in [4.78, 5) is 11.7. The molecule has 0 atom stereocenters. The molecule has 0 fully saturated rings. The van der Waals surface area contributed by atoms with Crippen molar-refractivity contribution in [1.82, 2.24) is 5.32 Å². The van der Waals surface area contributed by atoms with E-state index in [1.807, 2.05) is 0 Å². The molecule has 0 radical (unpaired) electrons. The maximum absolute atomic E-state index is 11.7. The minimum atomic E-state index is -0.145. The summed E-state index contributed by atoms with van der Waals surface area (Å²) in [5.74, 6) is -0.157. The summed E-state index contributed by atoms with van der Waals surface area (Å²) in [6, 6.07) is 3.38. The number of anilines is 2. The highest BCUT2D eigenvalue weighted by molar-refractivity contribution is 6.02. The Balaban J connectivity index is 3.20. The second-order valence-corrected chi connectivity index (χ2v) is 3.37. The minimum absolute atomic E-state index is 0.0123. The fraction of sp³-hybridized carbons (Fsp3) is 0.364. The first kappa shape index (κ1) is 12.3. The van der Waals surface area contributed by atoms with E-state index in [4.69, 9.17) is 0 Å². The van der Waals surface area contributed by atoms with Crippen molar-refractivity contribution in [2.75, 3.05) is 38.3 Å². The van der Waals surface area contributed by atoms with Crippen LogP contribution in [0, 0.1) is 0 Å². The van der Waals surface area contributed by atoms with E-state index in [1.54, 1.807) is 33.3 Å². The third-order valence-corrected chi connectivity index (χ3v) is 2.31. The molecular formula is C11H17N3O2. The third kappa shape index (κ3) is 2.43. The molecule has 5 heteroatoms. The fourth-order valence-electron chi connectivity index (χ4n) is 1.44. The van der Waals surface area contributed by atoms with Crippen molar-refractivity contribution < 1.29 is 9.90 Å². The first-order chi connectivity index (χ1) is 7.63. The first-order valence-electron chi connectivity index (χ1n) is 5.04. The number of carbonyl (C=O) groups is 1. The van der Waals surface area contributed by atoms with Crippen LogP contribution in [0.15, 0.2) is 12.1 Å². The second-order valence-electron chi connectivity index (χ2n) is 3.37. The van der Waals surface area contributed by atoms with Gasteiger partial charge in [0.15, 0.2) is 5.78 Å². The van der Waals surface area contributed by atoms with Crippen LogP contribution in [0.1, 0.15) is 10.4 Å². The molecule has 0 unspecified atom stereocenters. The highest BCUT2D eigenvalue weighted by atomic mass is 16.3. The number of aromatic hydroxyl groups is 1. The average Bonchev–Trinajstić information content (AvgIpc) is 2.29. The smallest absolute Gasteiger partial charge is 0.180 e. The van der Waals surface area contributed by atoms with Crippen LogP contribution >= 0.6 is 0 Å². The summed E-state index contributed by atoms with van der Waals surface area (Å²) in [7, 11) is 5.15. The predicted molar refractivity (Wildman–Crippen MR) is 65.5 cm³/mol. The minimum Gasteiger partial charge on any atom is -0.505 e. The summed E-state index contributed by atoms with van der Waals surface area (Å²) < 4.78 is 0. The Kier molecular flexibility index (Phi) is 4.13. The van der Waals surface area contributed by atoms with Crippen LogP contribution < -0.4 is 16.0 Å². The van der Waals surface area contributed by atoms with Gasteiger partial charge < -0.3 is 21.1 Å². The van der Waals surface area contributed by atoms with E-state index < -0.39 is 0 Å². The van der Waals surface area contributed by atoms with Crippen molar-refractivity contribution in [3.05, 3.63) is 17.7 Å². The van der Waals surface area contributed by atoms with E-state index in [9.17, 15) is 9.90 Å². The van der Waals surface area contributed by atoms with Crippen LogP contribution in [-0.2, 0) is 0 Å². The van der Waals surface area contributed by atoms with E-state index in [0.29, 0.717) is 11.3 Å². The lowest BCUT2D eigenvalue weighted by molar-refractivity contribution is 0.0991. The monoisotopic (exact) mass is 223 g/mol. The highest BCUT2D eigenvalue weighted by Crippen LogP contribution is 2.31. The largest absolute Gasteiger partial charge is 0.505 e. The number of Topliss-reactive ketones (excluding diaryl/α,β-unsaturated/α-hetero) is 1. The zero-order chi connectivity index (χ0) is 12.1. The summed E-state index contributed by atoms with van der Waals surface area (Å²) in [6.07, 6.45) is 0. The molecule has 16 heavy (non-hydrogen) atoms. The maximum Gasteiger partial charge on any atom is 0.180 e. The number of benzene rings is 1. The van der Waals surface area contributed by atoms with Gasteiger partial charge in [-0.15, -0.1) is 0 Å². The molecule has 1 aromatic carbocycles. The van der Waals surface area contributed by atoms with Gasteiger partial charge in [0, 0.05) is 19.8 Å². The average molecular weight is 223 g/mol. The molecule has 0 heterocycles. The number of hydrogen-bond donors (Lipinski definition) is 4. The van der Waals surface area contributed by atoms with Gasteiger partial charge in [-0.2, -0.15) is 0 Å². The molecule has 0 bridgehead atoms. The summed E-state index contributed by atoms with van der Waals surface area (Å²) in [6.45, 7) is 0.198. The molecule has 88 valence electrons. The Morgan fingerprint density at radius 2 is 1.94 bits per heavy atom. The number of phenols is 1. The molecular weight excluding hydrogens is 206 g/mol. The summed E-state index contributed by atoms with van der Waals surface area (Å²) in [5, 5.41) is 18.4. The first-order valence-corrected chi connectivity index (χ1v) is 5.04. The zero-order valence-corrected chi connectivity index (χ0v) is 9.72. The van der Waals surface area contributed by atoms with Crippen molar-refractivity contribution in [3.8, 4) is 5.75 Å². The highest BCUT2D eigenvalue weighted by Gasteiger charge is 2.14. The van der Waals surface area contributed by atoms with E-state index in [1.165, 1.54) is 0 Å². The van der Waals surface area contributed by atoms with Gasteiger partial charge in [-0.25, -0.2) is 0 Å². The van der Waals surface area contributed by atoms with Crippen LogP contribution in [0.4, 0.5) is 11.4 Å². The maximum atomic E-state index is 11.7. The lowest BCUT2D eigenvalue weighted by Crippen LogP contribution is -2.19. The van der Waals surface area contributed by atoms with Crippen LogP contribution in [0.25, 0.3) is 0 Å². The van der Waals surface area contributed by atoms with Gasteiger partial charge >= 0.3 is 0 Å². The number of rotatable bonds is 5. The molecule has 5 nitrogen and oxygen atoms in total. The number of hydrogen-bond acceptors (Lipinski definition) is 5. The lowest BCUT2D eigenvalue weighted by atomic mass is 10.1. The molecule has 1 rings (SSSR count). The Bertz CT molecular complexity index is 391. The van der Waals surface area contributed by atoms with Crippen LogP contribution in [0.2, 0.25) is 0 Å². The van der Waals surface area contributed by atoms with Gasteiger partial charge in [0.2, 0.25) is 0 Å². The van der Waals surface area contributed by atoms with Gasteiger partial charge in [-0.1, -0.05) is 0 Å². The van der Waals surface area contributed by atoms with Gasteiger partial charge in [0.1, 0.15) is 5.75 Å². The van der Waals surface area contributed by atoms with E-state index in [2.05, 4.69) is 16.0 Å². The Morgan fingerprint density at radius 1 is 1.25 bits per heavy atom. The Hall–Kier alpha value is -1.75. The third-order valence-electron chi connectivity index (χ3n) is 2.31. The summed E-state index contributed by atoms with van der Waals surface area (Å²) >= 11 is 0. The molecule has 0 aliphatic carbocycles. The molecule has 0 aromatic heterocycles. The SMILES string of the molecule is CNCC(=O)c1cc(NC)cc(NC)c1O. The molecule has 4 N–H and O–H groups in total. The van der Waals surface area contributed by atoms with Crippen molar-refractivity contribution in [2.24, 2.45) is 0 Å². The summed E-state index contributed by atoms with van der Waals surface area (Å²) in [5.41, 5.74) is 1.62. The number of ketones is 1. The van der Waals surface area contributed by atoms with Crippen molar-refractivity contribution in [3.63, 3.8) is 0 Å². The van der Waals surface area contributed by atoms with Gasteiger partial charge in [0.05, 0.1) is 17.8 Å². The van der Waals surface area contributed by atoms with Crippen molar-refractivity contribution in [1.29, 1.82) is 0 Å². The predicted octanol–water partition coefficient (Wildman–Crippen LogP) is 0.878. The number of likely N-dealkylation sites (N-methyl/N-ethyl adjacent to an activating group) is 1. The van der Waals surface area contributed by atoms with Gasteiger partial charge in [0.25, 0.3) is 0 Å². The number of carbonyl (C=O) groups excluding carboxylic acids is 1. The van der Waals surface area contributed by atoms with Crippen molar-refractivity contribution >= 4 is 17.2 Å². The molecule has 0 amide bonds. The molecule has 0 aliphatic rings. The second kappa shape index (κ2) is 5.37. The van der Waals surface area contributed by atoms with Crippen molar-refractivity contribution in [2.45, 2.75) is 0 Å². The molecule has 0 saturated carbocycles. The molecule has 0 saturated heterocycles. The van der Waals surface area contributed by atoms with E-state index in [-0.39, 0.29) is 18.1 Å². The van der Waals surface area contributed by atoms with Gasteiger partial charge in [-0.05, 0) is 19.2 Å². The van der Waals surface area contributed by atoms with Crippen LogP contribution in [0.5, 0.6) is 5.75 Å². The van der Waals surface area contributed by atoms with Gasteiger partial charge in [-0.3, -0.25) is 4.79 Å². The zero-order valence-electron chi connectivity index (χ0n) is 9.72. The molecule has 0 aliphatic heterocycles. The van der Waals surface area contributed by atoms with Crippen LogP contribution in [0.3, 0.4) is 0 Å². The quantitative estimate of drug-likeness (QED) is 0.339. The van der Waals surface area contributed by atoms with E-state index in [0.717, 1.165) is 5.69 Å². The lowest BCUT2D eigenvalue weighted by Gasteiger charge is -2.11. The molecule has 1 aromatic rings. The van der Waals surface area contributed by atoms with Crippen LogP contribution in [-0.4, -0.2) is 38.6 Å². The number of phenolic OH excluding ortho intramolecular Hbond substituents is 1. The fourth-order valence-corrected chi connectivity index (χ4v) is 1.44. The number of nitrogens with one attached hydrogen (secondary N) is 3. The normalized spacial score (nSPS) is 9.94. The Labute approximate surface area is 94.9 Å². The standard InChI is InChI=1S/C11H17N3O2/c1-12-6-10(15)8-4-7(13-2)5-9(14-3)11(8)16/h4-5,12-14,16H,6H2,1-3H3.